The van der Waals surface area contributed by atoms with Gasteiger partial charge in [0, 0.05) is 24.6 Å². The summed E-state index contributed by atoms with van der Waals surface area (Å²) in [5, 5.41) is 9.60. The molecule has 1 aromatic carbocycles. The molecule has 1 saturated carbocycles. The number of ketones is 1. The van der Waals surface area contributed by atoms with Crippen LogP contribution in [0.15, 0.2) is 12.1 Å². The molecule has 2 unspecified atom stereocenters. The van der Waals surface area contributed by atoms with Crippen molar-refractivity contribution in [2.24, 2.45) is 11.8 Å². The zero-order valence-electron chi connectivity index (χ0n) is 13.9. The molecule has 0 aromatic heterocycles. The fourth-order valence-corrected chi connectivity index (χ4v) is 6.07. The van der Waals surface area contributed by atoms with E-state index in [-0.39, 0.29) is 29.1 Å². The maximum absolute atomic E-state index is 12.8. The zero-order valence-corrected chi connectivity index (χ0v) is 13.9. The van der Waals surface area contributed by atoms with Gasteiger partial charge in [-0.1, -0.05) is 13.0 Å². The highest BCUT2D eigenvalue weighted by molar-refractivity contribution is 5.89. The van der Waals surface area contributed by atoms with Crippen molar-refractivity contribution in [3.63, 3.8) is 0 Å². The number of hydrogen-bond donors (Lipinski definition) is 0. The number of ether oxygens (including phenoxy) is 2. The molecule has 2 aliphatic carbocycles. The monoisotopic (exact) mass is 324 g/mol. The molecule has 0 radical (unpaired) electrons. The highest BCUT2D eigenvalue weighted by Crippen LogP contribution is 2.64. The first-order chi connectivity index (χ1) is 11.6. The van der Waals surface area contributed by atoms with Gasteiger partial charge in [0.15, 0.2) is 29.6 Å². The molecule has 2 aliphatic heterocycles. The Morgan fingerprint density at radius 1 is 1.42 bits per heavy atom. The number of methoxy groups -OCH3 is 1. The molecule has 4 aliphatic rings. The molecule has 2 heterocycles. The van der Waals surface area contributed by atoms with Crippen LogP contribution in [0.25, 0.3) is 0 Å². The number of nitrogens with zero attached hydrogens (tertiary/aromatic N) is 2. The third kappa shape index (κ3) is 1.39. The van der Waals surface area contributed by atoms with Crippen molar-refractivity contribution < 1.29 is 14.3 Å². The smallest absolute Gasteiger partial charge is 0.179 e. The maximum atomic E-state index is 12.8. The van der Waals surface area contributed by atoms with E-state index in [2.05, 4.69) is 19.2 Å². The van der Waals surface area contributed by atoms with E-state index in [1.807, 2.05) is 11.0 Å². The normalized spacial score (nSPS) is 38.2. The van der Waals surface area contributed by atoms with Gasteiger partial charge < -0.3 is 14.4 Å². The molecule has 2 bridgehead atoms. The van der Waals surface area contributed by atoms with Gasteiger partial charge in [0.1, 0.15) is 0 Å². The van der Waals surface area contributed by atoms with Gasteiger partial charge in [0.2, 0.25) is 0 Å². The first-order valence-corrected chi connectivity index (χ1v) is 8.68. The van der Waals surface area contributed by atoms with Gasteiger partial charge in [-0.05, 0) is 36.3 Å². The van der Waals surface area contributed by atoms with E-state index in [9.17, 15) is 10.1 Å². The van der Waals surface area contributed by atoms with Crippen LogP contribution in [-0.4, -0.2) is 36.5 Å². The molecule has 124 valence electrons. The summed E-state index contributed by atoms with van der Waals surface area (Å²) in [5.41, 5.74) is 2.14. The lowest BCUT2D eigenvalue weighted by Crippen LogP contribution is -2.67. The van der Waals surface area contributed by atoms with Gasteiger partial charge in [-0.15, -0.1) is 0 Å². The topological polar surface area (TPSA) is 62.6 Å². The number of Topliss-reactive ketones (excluding diaryl/α,β-unsaturated/α-hetero) is 1. The molecular weight excluding hydrogens is 304 g/mol. The van der Waals surface area contributed by atoms with Crippen molar-refractivity contribution in [2.75, 3.05) is 13.7 Å². The van der Waals surface area contributed by atoms with Gasteiger partial charge in [0.25, 0.3) is 0 Å². The van der Waals surface area contributed by atoms with Crippen molar-refractivity contribution >= 4 is 5.78 Å². The van der Waals surface area contributed by atoms with Crippen LogP contribution in [0.1, 0.15) is 30.9 Å². The summed E-state index contributed by atoms with van der Waals surface area (Å²) in [6.45, 7) is 2.87. The minimum Gasteiger partial charge on any atom is -0.493 e. The summed E-state index contributed by atoms with van der Waals surface area (Å²) in [7, 11) is 1.65. The summed E-state index contributed by atoms with van der Waals surface area (Å²) in [4.78, 5) is 14.8. The number of benzene rings is 1. The molecule has 1 spiro atoms. The van der Waals surface area contributed by atoms with Crippen LogP contribution < -0.4 is 9.47 Å². The summed E-state index contributed by atoms with van der Waals surface area (Å²) < 4.78 is 11.8. The molecule has 0 N–H and O–H groups in total. The molecule has 0 amide bonds. The van der Waals surface area contributed by atoms with Crippen LogP contribution in [0.4, 0.5) is 0 Å². The van der Waals surface area contributed by atoms with E-state index in [0.29, 0.717) is 13.0 Å². The Bertz CT molecular complexity index is 799. The minimum absolute atomic E-state index is 0.171. The van der Waals surface area contributed by atoms with Crippen molar-refractivity contribution in [2.45, 2.75) is 43.7 Å². The molecule has 5 atom stereocenters. The highest BCUT2D eigenvalue weighted by Gasteiger charge is 2.67. The number of carbonyl (C=O) groups is 1. The van der Waals surface area contributed by atoms with E-state index in [0.717, 1.165) is 24.3 Å². The lowest BCUT2D eigenvalue weighted by atomic mass is 9.49. The van der Waals surface area contributed by atoms with Crippen LogP contribution in [-0.2, 0) is 16.6 Å². The molecular formula is C19H20N2O3. The number of hydrogen-bond acceptors (Lipinski definition) is 5. The third-order valence-electron chi connectivity index (χ3n) is 6.76. The van der Waals surface area contributed by atoms with E-state index in [1.54, 1.807) is 7.11 Å². The third-order valence-corrected chi connectivity index (χ3v) is 6.76. The SMILES string of the molecule is COc1ccc2c3c1OC1C(=O)CC(C)[C@H]4[C@@H](C2)N(C#N)CC[C@]314. The van der Waals surface area contributed by atoms with Crippen LogP contribution in [0.2, 0.25) is 0 Å². The number of piperidine rings is 1. The van der Waals surface area contributed by atoms with E-state index >= 15 is 0 Å². The molecule has 24 heavy (non-hydrogen) atoms. The standard InChI is InChI=1S/C19H20N2O3/c1-10-7-13(22)18-19-5-6-21(9-20)12(15(10)19)8-11-3-4-14(23-2)17(24-18)16(11)19/h3-4,10,12,15,18H,5-8H2,1-2H3/t10?,12-,15+,18?,19+/m1/s1. The predicted molar refractivity (Wildman–Crippen MR) is 85.8 cm³/mol. The Morgan fingerprint density at radius 2 is 2.25 bits per heavy atom. The van der Waals surface area contributed by atoms with E-state index in [4.69, 9.17) is 9.47 Å². The van der Waals surface area contributed by atoms with Crippen molar-refractivity contribution in [1.82, 2.24) is 4.90 Å². The Morgan fingerprint density at radius 3 is 3.00 bits per heavy atom. The van der Waals surface area contributed by atoms with E-state index < -0.39 is 6.10 Å². The summed E-state index contributed by atoms with van der Waals surface area (Å²) in [6, 6.07) is 4.20. The number of nitriles is 1. The Labute approximate surface area is 141 Å². The van der Waals surface area contributed by atoms with Crippen LogP contribution >= 0.6 is 0 Å². The van der Waals surface area contributed by atoms with Crippen LogP contribution in [0.5, 0.6) is 11.5 Å². The molecule has 5 heteroatoms. The number of carbonyl (C=O) groups excluding carboxylic acids is 1. The first-order valence-electron chi connectivity index (χ1n) is 8.68. The van der Waals surface area contributed by atoms with Crippen LogP contribution in [0.3, 0.4) is 0 Å². The van der Waals surface area contributed by atoms with Gasteiger partial charge in [-0.3, -0.25) is 4.79 Å². The van der Waals surface area contributed by atoms with Gasteiger partial charge in [0.05, 0.1) is 12.5 Å². The predicted octanol–water partition coefficient (Wildman–Crippen LogP) is 2.03. The fourth-order valence-electron chi connectivity index (χ4n) is 6.07. The second-order valence-electron chi connectivity index (χ2n) is 7.66. The van der Waals surface area contributed by atoms with Gasteiger partial charge in [-0.2, -0.15) is 5.26 Å². The zero-order chi connectivity index (χ0) is 16.6. The first kappa shape index (κ1) is 14.2. The average Bonchev–Trinajstić information content (AvgIpc) is 2.91. The molecule has 1 saturated heterocycles. The lowest BCUT2D eigenvalue weighted by molar-refractivity contribution is -0.142. The highest BCUT2D eigenvalue weighted by atomic mass is 16.5. The molecule has 1 aromatic rings. The van der Waals surface area contributed by atoms with E-state index in [1.165, 1.54) is 11.1 Å². The summed E-state index contributed by atoms with van der Waals surface area (Å²) in [5.74, 6) is 2.25. The summed E-state index contributed by atoms with van der Waals surface area (Å²) in [6.07, 6.45) is 4.17. The minimum atomic E-state index is -0.410. The van der Waals surface area contributed by atoms with Crippen molar-refractivity contribution in [1.29, 1.82) is 5.26 Å². The number of likely N-dealkylation sites (tertiary alicyclic amines) is 1. The van der Waals surface area contributed by atoms with Crippen molar-refractivity contribution in [3.8, 4) is 17.7 Å². The second kappa shape index (κ2) is 4.44. The Kier molecular flexibility index (Phi) is 2.62. The lowest BCUT2D eigenvalue weighted by Gasteiger charge is -2.58. The van der Waals surface area contributed by atoms with Gasteiger partial charge >= 0.3 is 0 Å². The van der Waals surface area contributed by atoms with Gasteiger partial charge in [-0.25, -0.2) is 0 Å². The number of rotatable bonds is 1. The Hall–Kier alpha value is -2.22. The fraction of sp³-hybridized carbons (Fsp3) is 0.579. The van der Waals surface area contributed by atoms with Crippen LogP contribution in [0, 0.1) is 23.3 Å². The quantitative estimate of drug-likeness (QED) is 0.740. The molecule has 2 fully saturated rings. The Balaban J connectivity index is 1.81. The summed E-state index contributed by atoms with van der Waals surface area (Å²) >= 11 is 0. The largest absolute Gasteiger partial charge is 0.493 e. The maximum Gasteiger partial charge on any atom is 0.179 e. The second-order valence-corrected chi connectivity index (χ2v) is 7.66. The molecule has 5 rings (SSSR count). The molecule has 5 nitrogen and oxygen atoms in total. The van der Waals surface area contributed by atoms with Crippen molar-refractivity contribution in [3.05, 3.63) is 23.3 Å². The average molecular weight is 324 g/mol.